The molecule has 1 aromatic carbocycles. The van der Waals surface area contributed by atoms with E-state index in [9.17, 15) is 22.4 Å². The van der Waals surface area contributed by atoms with Gasteiger partial charge in [0.1, 0.15) is 17.3 Å². The van der Waals surface area contributed by atoms with Crippen molar-refractivity contribution < 1.29 is 36.2 Å². The Bertz CT molecular complexity index is 1280. The smallest absolute Gasteiger partial charge is 0.418 e. The van der Waals surface area contributed by atoms with E-state index in [0.717, 1.165) is 18.3 Å². The number of nitrogens with one attached hydrogen (secondary N) is 1. The predicted molar refractivity (Wildman–Crippen MR) is 113 cm³/mol. The first-order valence-corrected chi connectivity index (χ1v) is 10.5. The molecule has 35 heavy (non-hydrogen) atoms. The Morgan fingerprint density at radius 2 is 1.97 bits per heavy atom. The van der Waals surface area contributed by atoms with Gasteiger partial charge in [-0.25, -0.2) is 4.39 Å². The largest absolute Gasteiger partial charge is 0.484 e. The number of rotatable bonds is 8. The van der Waals surface area contributed by atoms with Crippen molar-refractivity contribution in [2.75, 3.05) is 6.61 Å². The van der Waals surface area contributed by atoms with Gasteiger partial charge in [-0.1, -0.05) is 11.6 Å². The number of hydrogen-bond acceptors (Lipinski definition) is 7. The zero-order chi connectivity index (χ0) is 25.2. The Morgan fingerprint density at radius 3 is 2.69 bits per heavy atom. The minimum absolute atomic E-state index is 0.0517. The molecule has 1 N–H and O–H groups in total. The van der Waals surface area contributed by atoms with Crippen molar-refractivity contribution in [3.05, 3.63) is 76.6 Å². The molecule has 0 bridgehead atoms. The standard InChI is InChI=1S/C22H17ClF4N4O4/c1-21(6-13(7-21)29-18(32)10-33-14-2-3-16(23)17(24)5-14)20-31-30-19(35-20)11-34-15-4-12(8-28-9-15)22(25,26)27/h2-6,8-9H,7,10-11H2,1H3,(H,29,32). The van der Waals surface area contributed by atoms with Gasteiger partial charge in [0, 0.05) is 24.4 Å². The van der Waals surface area contributed by atoms with E-state index in [1.165, 1.54) is 12.1 Å². The molecule has 0 fully saturated rings. The lowest BCUT2D eigenvalue weighted by atomic mass is 9.75. The first-order chi connectivity index (χ1) is 16.5. The number of nitrogens with zero attached hydrogens (tertiary/aromatic N) is 3. The van der Waals surface area contributed by atoms with Crippen LogP contribution >= 0.6 is 11.6 Å². The van der Waals surface area contributed by atoms with Crippen molar-refractivity contribution in [3.63, 3.8) is 0 Å². The zero-order valence-electron chi connectivity index (χ0n) is 18.0. The molecule has 1 aliphatic carbocycles. The molecule has 0 aliphatic heterocycles. The molecule has 184 valence electrons. The van der Waals surface area contributed by atoms with Crippen LogP contribution in [0.3, 0.4) is 0 Å². The van der Waals surface area contributed by atoms with Crippen LogP contribution in [0.5, 0.6) is 11.5 Å². The maximum absolute atomic E-state index is 13.4. The number of alkyl halides is 3. The van der Waals surface area contributed by atoms with Crippen LogP contribution in [0.2, 0.25) is 5.02 Å². The number of pyridine rings is 1. The molecule has 2 aromatic heterocycles. The van der Waals surface area contributed by atoms with Crippen LogP contribution < -0.4 is 14.8 Å². The SMILES string of the molecule is CC1(c2nnc(COc3cncc(C(F)(F)F)c3)o2)C=C(NC(=O)COc2ccc(Cl)c(F)c2)C1. The second kappa shape index (κ2) is 9.53. The summed E-state index contributed by atoms with van der Waals surface area (Å²) in [4.78, 5) is 15.6. The predicted octanol–water partition coefficient (Wildman–Crippen LogP) is 4.60. The van der Waals surface area contributed by atoms with Crippen LogP contribution in [0, 0.1) is 5.82 Å². The molecule has 13 heteroatoms. The lowest BCUT2D eigenvalue weighted by Gasteiger charge is -2.33. The lowest BCUT2D eigenvalue weighted by molar-refractivity contribution is -0.138. The third-order valence-electron chi connectivity index (χ3n) is 4.97. The molecule has 4 rings (SSSR count). The molecule has 0 radical (unpaired) electrons. The number of benzene rings is 1. The Balaban J connectivity index is 1.29. The van der Waals surface area contributed by atoms with Gasteiger partial charge in [-0.15, -0.1) is 10.2 Å². The molecule has 1 amide bonds. The molecule has 8 nitrogen and oxygen atoms in total. The highest BCUT2D eigenvalue weighted by Gasteiger charge is 2.39. The highest BCUT2D eigenvalue weighted by atomic mass is 35.5. The van der Waals surface area contributed by atoms with Gasteiger partial charge in [-0.3, -0.25) is 9.78 Å². The first-order valence-electron chi connectivity index (χ1n) is 10.1. The molecule has 0 saturated carbocycles. The summed E-state index contributed by atoms with van der Waals surface area (Å²) in [5, 5.41) is 10.4. The Morgan fingerprint density at radius 1 is 1.20 bits per heavy atom. The lowest BCUT2D eigenvalue weighted by Crippen LogP contribution is -2.39. The van der Waals surface area contributed by atoms with E-state index in [1.54, 1.807) is 6.08 Å². The van der Waals surface area contributed by atoms with Gasteiger partial charge in [-0.2, -0.15) is 13.2 Å². The van der Waals surface area contributed by atoms with Crippen LogP contribution in [0.15, 0.2) is 52.8 Å². The fourth-order valence-corrected chi connectivity index (χ4v) is 3.36. The van der Waals surface area contributed by atoms with E-state index >= 15 is 0 Å². The number of amides is 1. The molecular formula is C22H17ClF4N4O4. The average molecular weight is 513 g/mol. The van der Waals surface area contributed by atoms with Gasteiger partial charge in [0.2, 0.25) is 5.89 Å². The molecule has 1 atom stereocenters. The summed E-state index contributed by atoms with van der Waals surface area (Å²) in [7, 11) is 0. The fourth-order valence-electron chi connectivity index (χ4n) is 3.24. The number of hydrogen-bond donors (Lipinski definition) is 1. The first kappa shape index (κ1) is 24.5. The minimum Gasteiger partial charge on any atom is -0.484 e. The van der Waals surface area contributed by atoms with Crippen molar-refractivity contribution in [3.8, 4) is 11.5 Å². The molecule has 1 unspecified atom stereocenters. The molecule has 0 saturated heterocycles. The second-order valence-corrected chi connectivity index (χ2v) is 8.28. The van der Waals surface area contributed by atoms with Crippen LogP contribution in [0.4, 0.5) is 17.6 Å². The normalized spacial score (nSPS) is 17.4. The molecule has 0 spiro atoms. The maximum Gasteiger partial charge on any atom is 0.418 e. The fraction of sp³-hybridized carbons (Fsp3) is 0.273. The number of allylic oxidation sites excluding steroid dienone is 2. The Labute approximate surface area is 200 Å². The third kappa shape index (κ3) is 5.88. The summed E-state index contributed by atoms with van der Waals surface area (Å²) in [5.41, 5.74) is -0.978. The minimum atomic E-state index is -4.54. The Kier molecular flexibility index (Phi) is 6.66. The highest BCUT2D eigenvalue weighted by molar-refractivity contribution is 6.30. The quantitative estimate of drug-likeness (QED) is 0.440. The van der Waals surface area contributed by atoms with Crippen molar-refractivity contribution in [2.24, 2.45) is 0 Å². The number of aromatic nitrogens is 3. The van der Waals surface area contributed by atoms with Gasteiger partial charge in [0.05, 0.1) is 22.2 Å². The molecule has 1 aliphatic rings. The van der Waals surface area contributed by atoms with Gasteiger partial charge in [0.15, 0.2) is 13.2 Å². The molecule has 3 aromatic rings. The summed E-state index contributed by atoms with van der Waals surface area (Å²) in [6.07, 6.45) is -0.593. The van der Waals surface area contributed by atoms with E-state index in [-0.39, 0.29) is 41.5 Å². The summed E-state index contributed by atoms with van der Waals surface area (Å²) in [5.74, 6) is -0.711. The summed E-state index contributed by atoms with van der Waals surface area (Å²) in [6, 6.07) is 4.67. The van der Waals surface area contributed by atoms with Crippen LogP contribution in [0.25, 0.3) is 0 Å². The van der Waals surface area contributed by atoms with E-state index in [1.807, 2.05) is 6.92 Å². The van der Waals surface area contributed by atoms with Crippen molar-refractivity contribution in [2.45, 2.75) is 31.5 Å². The summed E-state index contributed by atoms with van der Waals surface area (Å²) in [6.45, 7) is 1.23. The number of carbonyl (C=O) groups excluding carboxylic acids is 1. The third-order valence-corrected chi connectivity index (χ3v) is 5.28. The van der Waals surface area contributed by atoms with E-state index in [2.05, 4.69) is 20.5 Å². The van der Waals surface area contributed by atoms with Crippen molar-refractivity contribution in [1.29, 1.82) is 0 Å². The molecular weight excluding hydrogens is 496 g/mol. The zero-order valence-corrected chi connectivity index (χ0v) is 18.8. The van der Waals surface area contributed by atoms with E-state index in [0.29, 0.717) is 18.3 Å². The van der Waals surface area contributed by atoms with Crippen molar-refractivity contribution in [1.82, 2.24) is 20.5 Å². The summed E-state index contributed by atoms with van der Waals surface area (Å²) < 4.78 is 67.9. The number of halogens is 5. The van der Waals surface area contributed by atoms with Gasteiger partial charge in [0.25, 0.3) is 11.8 Å². The monoisotopic (exact) mass is 512 g/mol. The Hall–Kier alpha value is -3.67. The topological polar surface area (TPSA) is 99.4 Å². The van der Waals surface area contributed by atoms with Crippen LogP contribution in [-0.4, -0.2) is 27.7 Å². The van der Waals surface area contributed by atoms with Gasteiger partial charge < -0.3 is 19.2 Å². The highest BCUT2D eigenvalue weighted by Crippen LogP contribution is 2.39. The summed E-state index contributed by atoms with van der Waals surface area (Å²) >= 11 is 5.60. The van der Waals surface area contributed by atoms with Gasteiger partial charge in [-0.05, 0) is 31.2 Å². The number of carbonyl (C=O) groups is 1. The average Bonchev–Trinajstić information content (AvgIpc) is 3.27. The van der Waals surface area contributed by atoms with Crippen molar-refractivity contribution >= 4 is 17.5 Å². The molecule has 2 heterocycles. The van der Waals surface area contributed by atoms with Gasteiger partial charge >= 0.3 is 6.18 Å². The van der Waals surface area contributed by atoms with E-state index < -0.39 is 28.9 Å². The second-order valence-electron chi connectivity index (χ2n) is 7.87. The number of ether oxygens (including phenoxy) is 2. The van der Waals surface area contributed by atoms with E-state index in [4.69, 9.17) is 25.5 Å². The van der Waals surface area contributed by atoms with Crippen LogP contribution in [-0.2, 0) is 23.0 Å². The maximum atomic E-state index is 13.4. The van der Waals surface area contributed by atoms with Crippen LogP contribution in [0.1, 0.15) is 30.7 Å².